The molecule has 1 N–H and O–H groups in total. The van der Waals surface area contributed by atoms with Crippen molar-refractivity contribution in [3.8, 4) is 0 Å². The lowest BCUT2D eigenvalue weighted by Crippen LogP contribution is -2.27. The van der Waals surface area contributed by atoms with Crippen LogP contribution in [0.25, 0.3) is 0 Å². The molecule has 0 unspecified atom stereocenters. The van der Waals surface area contributed by atoms with Crippen molar-refractivity contribution in [2.45, 2.75) is 18.9 Å². The molecule has 0 aliphatic carbocycles. The molecule has 0 radical (unpaired) electrons. The summed E-state index contributed by atoms with van der Waals surface area (Å²) in [7, 11) is 0. The molecule has 1 heterocycles. The van der Waals surface area contributed by atoms with Gasteiger partial charge in [0.2, 0.25) is 0 Å². The van der Waals surface area contributed by atoms with E-state index in [-0.39, 0.29) is 22.3 Å². The number of anilines is 1. The van der Waals surface area contributed by atoms with Gasteiger partial charge in [0.1, 0.15) is 6.10 Å². The molecule has 1 aromatic rings. The molecule has 0 aromatic heterocycles. The number of amides is 1. The van der Waals surface area contributed by atoms with Crippen molar-refractivity contribution in [2.24, 2.45) is 0 Å². The van der Waals surface area contributed by atoms with Gasteiger partial charge in [-0.25, -0.2) is 0 Å². The summed E-state index contributed by atoms with van der Waals surface area (Å²) in [5, 5.41) is 13.4. The Morgan fingerprint density at radius 2 is 2.33 bits per heavy atom. The number of non-ortho nitro benzene ring substituents is 1. The summed E-state index contributed by atoms with van der Waals surface area (Å²) in [5.74, 6) is -0.324. The Labute approximate surface area is 108 Å². The normalized spacial score (nSPS) is 18.6. The Morgan fingerprint density at radius 1 is 1.56 bits per heavy atom. The van der Waals surface area contributed by atoms with Gasteiger partial charge in [0.25, 0.3) is 11.6 Å². The third kappa shape index (κ3) is 2.77. The highest BCUT2D eigenvalue weighted by Crippen LogP contribution is 2.27. The highest BCUT2D eigenvalue weighted by atomic mass is 35.5. The van der Waals surface area contributed by atoms with E-state index in [1.165, 1.54) is 18.2 Å². The van der Waals surface area contributed by atoms with Crippen molar-refractivity contribution in [3.05, 3.63) is 33.3 Å². The fourth-order valence-electron chi connectivity index (χ4n) is 1.72. The second kappa shape index (κ2) is 5.32. The second-order valence-corrected chi connectivity index (χ2v) is 4.32. The molecular formula is C11H11ClN2O4. The van der Waals surface area contributed by atoms with E-state index in [9.17, 15) is 14.9 Å². The third-order valence-corrected chi connectivity index (χ3v) is 2.97. The van der Waals surface area contributed by atoms with Crippen LogP contribution < -0.4 is 5.32 Å². The number of hydrogen-bond donors (Lipinski definition) is 1. The van der Waals surface area contributed by atoms with Gasteiger partial charge in [-0.1, -0.05) is 11.6 Å². The topological polar surface area (TPSA) is 81.5 Å². The van der Waals surface area contributed by atoms with Crippen LogP contribution in [-0.4, -0.2) is 23.5 Å². The lowest BCUT2D eigenvalue weighted by atomic mass is 10.2. The molecule has 0 saturated carbocycles. The molecule has 0 spiro atoms. The smallest absolute Gasteiger partial charge is 0.271 e. The van der Waals surface area contributed by atoms with Crippen LogP contribution >= 0.6 is 11.6 Å². The van der Waals surface area contributed by atoms with Crippen LogP contribution in [0.5, 0.6) is 0 Å². The number of carbonyl (C=O) groups excluding carboxylic acids is 1. The largest absolute Gasteiger partial charge is 0.368 e. The van der Waals surface area contributed by atoms with Crippen LogP contribution in [0, 0.1) is 10.1 Å². The first-order valence-electron chi connectivity index (χ1n) is 5.44. The van der Waals surface area contributed by atoms with E-state index in [4.69, 9.17) is 16.3 Å². The first-order valence-corrected chi connectivity index (χ1v) is 5.82. The lowest BCUT2D eigenvalue weighted by Gasteiger charge is -2.11. The fourth-order valence-corrected chi connectivity index (χ4v) is 1.89. The van der Waals surface area contributed by atoms with E-state index >= 15 is 0 Å². The highest BCUT2D eigenvalue weighted by molar-refractivity contribution is 6.33. The molecule has 96 valence electrons. The second-order valence-electron chi connectivity index (χ2n) is 3.91. The predicted molar refractivity (Wildman–Crippen MR) is 65.7 cm³/mol. The molecule has 6 nitrogen and oxygen atoms in total. The molecule has 1 fully saturated rings. The molecule has 1 aromatic carbocycles. The van der Waals surface area contributed by atoms with Crippen molar-refractivity contribution in [3.63, 3.8) is 0 Å². The van der Waals surface area contributed by atoms with Gasteiger partial charge in [-0.15, -0.1) is 0 Å². The predicted octanol–water partition coefficient (Wildman–Crippen LogP) is 2.37. The number of nitrogens with zero attached hydrogens (tertiary/aromatic N) is 1. The van der Waals surface area contributed by atoms with Crippen LogP contribution in [0.1, 0.15) is 12.8 Å². The molecule has 1 atom stereocenters. The maximum atomic E-state index is 11.8. The Hall–Kier alpha value is -1.66. The molecule has 1 aliphatic rings. The number of rotatable bonds is 3. The zero-order valence-corrected chi connectivity index (χ0v) is 10.1. The van der Waals surface area contributed by atoms with Crippen LogP contribution in [0.15, 0.2) is 18.2 Å². The number of nitrogens with one attached hydrogen (secondary N) is 1. The summed E-state index contributed by atoms with van der Waals surface area (Å²) in [6.07, 6.45) is 0.986. The van der Waals surface area contributed by atoms with Gasteiger partial charge in [-0.05, 0) is 18.9 Å². The number of halogens is 1. The van der Waals surface area contributed by atoms with Crippen molar-refractivity contribution < 1.29 is 14.5 Å². The Morgan fingerprint density at radius 3 is 2.94 bits per heavy atom. The quantitative estimate of drug-likeness (QED) is 0.675. The number of benzene rings is 1. The third-order valence-electron chi connectivity index (χ3n) is 2.64. The van der Waals surface area contributed by atoms with Gasteiger partial charge in [-0.3, -0.25) is 14.9 Å². The van der Waals surface area contributed by atoms with E-state index in [2.05, 4.69) is 5.32 Å². The van der Waals surface area contributed by atoms with Gasteiger partial charge in [0, 0.05) is 18.7 Å². The average molecular weight is 271 g/mol. The van der Waals surface area contributed by atoms with E-state index in [0.717, 1.165) is 6.42 Å². The monoisotopic (exact) mass is 270 g/mol. The minimum absolute atomic E-state index is 0.123. The molecule has 2 rings (SSSR count). The summed E-state index contributed by atoms with van der Waals surface area (Å²) in [6, 6.07) is 3.89. The molecule has 1 aliphatic heterocycles. The fraction of sp³-hybridized carbons (Fsp3) is 0.364. The summed E-state index contributed by atoms with van der Waals surface area (Å²) < 4.78 is 5.22. The maximum Gasteiger partial charge on any atom is 0.271 e. The zero-order valence-electron chi connectivity index (χ0n) is 9.39. The molecule has 0 bridgehead atoms. The van der Waals surface area contributed by atoms with Crippen LogP contribution in [-0.2, 0) is 9.53 Å². The van der Waals surface area contributed by atoms with E-state index in [1.54, 1.807) is 0 Å². The molecular weight excluding hydrogens is 260 g/mol. The Bertz CT molecular complexity index is 486. The van der Waals surface area contributed by atoms with E-state index < -0.39 is 11.0 Å². The van der Waals surface area contributed by atoms with Gasteiger partial charge >= 0.3 is 0 Å². The average Bonchev–Trinajstić information content (AvgIpc) is 2.85. The lowest BCUT2D eigenvalue weighted by molar-refractivity contribution is -0.384. The standard InChI is InChI=1S/C11H11ClN2O4/c12-8-4-3-7(14(16)17)6-9(8)13-11(15)10-2-1-5-18-10/h3-4,6,10H,1-2,5H2,(H,13,15)/t10-/m1/s1. The van der Waals surface area contributed by atoms with E-state index in [0.29, 0.717) is 13.0 Å². The van der Waals surface area contributed by atoms with Crippen LogP contribution in [0.4, 0.5) is 11.4 Å². The molecule has 1 saturated heterocycles. The SMILES string of the molecule is O=C(Nc1cc([N+](=O)[O-])ccc1Cl)[C@H]1CCCO1. The van der Waals surface area contributed by atoms with Crippen molar-refractivity contribution >= 4 is 28.9 Å². The highest BCUT2D eigenvalue weighted by Gasteiger charge is 2.24. The van der Waals surface area contributed by atoms with Crippen molar-refractivity contribution in [2.75, 3.05) is 11.9 Å². The number of hydrogen-bond acceptors (Lipinski definition) is 4. The Balaban J connectivity index is 2.14. The van der Waals surface area contributed by atoms with Crippen LogP contribution in [0.2, 0.25) is 5.02 Å². The summed E-state index contributed by atoms with van der Waals surface area (Å²) in [5.41, 5.74) is 0.105. The first-order chi connectivity index (χ1) is 8.58. The molecule has 1 amide bonds. The van der Waals surface area contributed by atoms with Gasteiger partial charge in [0.05, 0.1) is 15.6 Å². The summed E-state index contributed by atoms with van der Waals surface area (Å²) >= 11 is 5.87. The number of carbonyl (C=O) groups is 1. The number of nitro groups is 1. The summed E-state index contributed by atoms with van der Waals surface area (Å²) in [4.78, 5) is 21.9. The Kier molecular flexibility index (Phi) is 3.78. The van der Waals surface area contributed by atoms with Crippen LogP contribution in [0.3, 0.4) is 0 Å². The molecule has 18 heavy (non-hydrogen) atoms. The summed E-state index contributed by atoms with van der Waals surface area (Å²) in [6.45, 7) is 0.556. The van der Waals surface area contributed by atoms with Gasteiger partial charge < -0.3 is 10.1 Å². The first kappa shape index (κ1) is 12.8. The minimum Gasteiger partial charge on any atom is -0.368 e. The minimum atomic E-state index is -0.544. The van der Waals surface area contributed by atoms with Gasteiger partial charge in [0.15, 0.2) is 0 Å². The zero-order chi connectivity index (χ0) is 13.1. The van der Waals surface area contributed by atoms with Gasteiger partial charge in [-0.2, -0.15) is 0 Å². The maximum absolute atomic E-state index is 11.8. The number of nitro benzene ring substituents is 1. The molecule has 7 heteroatoms. The van der Waals surface area contributed by atoms with Crippen molar-refractivity contribution in [1.29, 1.82) is 0 Å². The number of ether oxygens (including phenoxy) is 1. The van der Waals surface area contributed by atoms with Crippen molar-refractivity contribution in [1.82, 2.24) is 0 Å². The van der Waals surface area contributed by atoms with E-state index in [1.807, 2.05) is 0 Å².